The number of carbonyl (C=O) groups excluding carboxylic acids is 1. The number of hydrogen-bond donors (Lipinski definition) is 1. The van der Waals surface area contributed by atoms with E-state index in [9.17, 15) is 9.59 Å². The zero-order chi connectivity index (χ0) is 16.8. The molecule has 1 N–H and O–H groups in total. The van der Waals surface area contributed by atoms with Crippen molar-refractivity contribution in [2.45, 2.75) is 45.1 Å². The molecule has 2 aromatic heterocycles. The third kappa shape index (κ3) is 2.89. The largest absolute Gasteiger partial charge is 0.352 e. The molecule has 1 unspecified atom stereocenters. The molecule has 8 heteroatoms. The van der Waals surface area contributed by atoms with E-state index < -0.39 is 5.81 Å². The number of H-pyrrole nitrogens is 1. The molecular formula is C15H20BN5O2. The lowest BCUT2D eigenvalue weighted by atomic mass is 9.95. The molecule has 1 saturated heterocycles. The van der Waals surface area contributed by atoms with Crippen molar-refractivity contribution in [3.8, 4) is 0 Å². The lowest BCUT2D eigenvalue weighted by Gasteiger charge is -2.32. The summed E-state index contributed by atoms with van der Waals surface area (Å²) in [7, 11) is 5.37. The normalized spacial score (nSPS) is 19.3. The first-order chi connectivity index (χ1) is 10.8. The van der Waals surface area contributed by atoms with E-state index >= 15 is 0 Å². The first-order valence-corrected chi connectivity index (χ1v) is 7.80. The van der Waals surface area contributed by atoms with Gasteiger partial charge in [0.1, 0.15) is 11.2 Å². The van der Waals surface area contributed by atoms with E-state index in [1.807, 2.05) is 20.8 Å². The Kier molecular flexibility index (Phi) is 3.78. The number of likely N-dealkylation sites (tertiary alicyclic amines) is 1. The number of fused-ring (bicyclic) bond motifs is 1. The average molecular weight is 313 g/mol. The van der Waals surface area contributed by atoms with E-state index in [0.29, 0.717) is 29.9 Å². The molecule has 0 spiro atoms. The standard InChI is InChI=1S/C15H20BN5O2/c1-15(2,3)21-12-10(7-17-21)13(22)19-11(18-12)9-5-4-6-20(8-9)14(16)23/h7,9H,4-6,8H2,1-3H3,(H,18,19,22). The number of piperidine rings is 1. The Morgan fingerprint density at radius 3 is 2.83 bits per heavy atom. The number of nitrogens with zero attached hydrogens (tertiary/aromatic N) is 4. The highest BCUT2D eigenvalue weighted by molar-refractivity contribution is 6.56. The predicted molar refractivity (Wildman–Crippen MR) is 87.8 cm³/mol. The van der Waals surface area contributed by atoms with Crippen LogP contribution in [0.25, 0.3) is 11.0 Å². The summed E-state index contributed by atoms with van der Waals surface area (Å²) in [4.78, 5) is 32.8. The molecule has 23 heavy (non-hydrogen) atoms. The third-order valence-electron chi connectivity index (χ3n) is 4.21. The van der Waals surface area contributed by atoms with Crippen molar-refractivity contribution >= 4 is 24.7 Å². The van der Waals surface area contributed by atoms with Gasteiger partial charge in [-0.3, -0.25) is 9.59 Å². The molecule has 1 atom stereocenters. The van der Waals surface area contributed by atoms with Gasteiger partial charge in [-0.05, 0) is 33.6 Å². The highest BCUT2D eigenvalue weighted by atomic mass is 16.1. The van der Waals surface area contributed by atoms with Crippen LogP contribution in [-0.4, -0.2) is 51.4 Å². The minimum atomic E-state index is -0.433. The Bertz CT molecular complexity index is 804. The summed E-state index contributed by atoms with van der Waals surface area (Å²) < 4.78 is 1.76. The van der Waals surface area contributed by atoms with Gasteiger partial charge in [-0.25, -0.2) is 9.67 Å². The quantitative estimate of drug-likeness (QED) is 0.805. The van der Waals surface area contributed by atoms with Crippen LogP contribution >= 0.6 is 0 Å². The maximum absolute atomic E-state index is 12.3. The van der Waals surface area contributed by atoms with Gasteiger partial charge in [-0.15, -0.1) is 0 Å². The highest BCUT2D eigenvalue weighted by Gasteiger charge is 2.26. The summed E-state index contributed by atoms with van der Waals surface area (Å²) in [6.07, 6.45) is 3.25. The molecule has 2 aromatic rings. The summed E-state index contributed by atoms with van der Waals surface area (Å²) in [5, 5.41) is 4.78. The zero-order valence-corrected chi connectivity index (χ0v) is 13.7. The molecule has 2 radical (unpaired) electrons. The van der Waals surface area contributed by atoms with Crippen molar-refractivity contribution in [1.29, 1.82) is 0 Å². The van der Waals surface area contributed by atoms with Crippen LogP contribution in [0.3, 0.4) is 0 Å². The Morgan fingerprint density at radius 1 is 1.43 bits per heavy atom. The van der Waals surface area contributed by atoms with Gasteiger partial charge in [0.15, 0.2) is 11.5 Å². The molecule has 0 aromatic carbocycles. The maximum atomic E-state index is 12.3. The second-order valence-electron chi connectivity index (χ2n) is 7.04. The first-order valence-electron chi connectivity index (χ1n) is 7.80. The predicted octanol–water partition coefficient (Wildman–Crippen LogP) is 1.34. The molecule has 3 rings (SSSR count). The average Bonchev–Trinajstić information content (AvgIpc) is 2.92. The summed E-state index contributed by atoms with van der Waals surface area (Å²) in [5.41, 5.74) is 0.107. The molecule has 1 fully saturated rings. The summed E-state index contributed by atoms with van der Waals surface area (Å²) in [5.74, 6) is 0.147. The van der Waals surface area contributed by atoms with Gasteiger partial charge < -0.3 is 9.88 Å². The van der Waals surface area contributed by atoms with Crippen molar-refractivity contribution in [2.24, 2.45) is 0 Å². The summed E-state index contributed by atoms with van der Waals surface area (Å²) in [6.45, 7) is 7.16. The van der Waals surface area contributed by atoms with E-state index in [1.165, 1.54) is 0 Å². The Hall–Kier alpha value is -2.12. The van der Waals surface area contributed by atoms with E-state index in [4.69, 9.17) is 7.85 Å². The Labute approximate surface area is 135 Å². The lowest BCUT2D eigenvalue weighted by Crippen LogP contribution is -2.39. The second-order valence-corrected chi connectivity index (χ2v) is 7.04. The van der Waals surface area contributed by atoms with Crippen molar-refractivity contribution in [3.05, 3.63) is 22.4 Å². The number of hydrogen-bond acceptors (Lipinski definition) is 4. The Balaban J connectivity index is 2.05. The SMILES string of the molecule is [B]C(=O)N1CCCC(c2nc3c(cnn3C(C)(C)C)c(=O)[nH]2)C1. The van der Waals surface area contributed by atoms with Crippen molar-refractivity contribution < 1.29 is 4.79 Å². The topological polar surface area (TPSA) is 83.9 Å². The van der Waals surface area contributed by atoms with E-state index in [0.717, 1.165) is 12.8 Å². The maximum Gasteiger partial charge on any atom is 0.262 e. The molecule has 3 heterocycles. The fourth-order valence-corrected chi connectivity index (χ4v) is 3.02. The van der Waals surface area contributed by atoms with Crippen molar-refractivity contribution in [3.63, 3.8) is 0 Å². The Morgan fingerprint density at radius 2 is 2.17 bits per heavy atom. The van der Waals surface area contributed by atoms with Crippen LogP contribution in [0, 0.1) is 0 Å². The zero-order valence-electron chi connectivity index (χ0n) is 13.7. The second kappa shape index (κ2) is 5.51. The van der Waals surface area contributed by atoms with Gasteiger partial charge in [-0.1, -0.05) is 0 Å². The number of aromatic amines is 1. The van der Waals surface area contributed by atoms with Gasteiger partial charge in [0, 0.05) is 19.0 Å². The molecule has 1 aliphatic rings. The summed E-state index contributed by atoms with van der Waals surface area (Å²) in [6, 6.07) is 0. The molecule has 120 valence electrons. The number of carbonyl (C=O) groups is 1. The molecule has 1 amide bonds. The van der Waals surface area contributed by atoms with Crippen LogP contribution in [0.15, 0.2) is 11.0 Å². The van der Waals surface area contributed by atoms with E-state index in [1.54, 1.807) is 15.8 Å². The van der Waals surface area contributed by atoms with E-state index in [-0.39, 0.29) is 17.0 Å². The molecule has 0 aliphatic carbocycles. The number of nitrogens with one attached hydrogen (secondary N) is 1. The van der Waals surface area contributed by atoms with Crippen molar-refractivity contribution in [2.75, 3.05) is 13.1 Å². The summed E-state index contributed by atoms with van der Waals surface area (Å²) >= 11 is 0. The molecule has 0 bridgehead atoms. The minimum Gasteiger partial charge on any atom is -0.352 e. The van der Waals surface area contributed by atoms with Gasteiger partial charge in [0.05, 0.1) is 11.7 Å². The first kappa shape index (κ1) is 15.8. The monoisotopic (exact) mass is 313 g/mol. The lowest BCUT2D eigenvalue weighted by molar-refractivity contribution is 0.201. The fourth-order valence-electron chi connectivity index (χ4n) is 3.02. The van der Waals surface area contributed by atoms with Gasteiger partial charge >= 0.3 is 0 Å². The molecule has 1 aliphatic heterocycles. The molecular weight excluding hydrogens is 293 g/mol. The van der Waals surface area contributed by atoms with Crippen LogP contribution in [0.4, 0.5) is 4.79 Å². The van der Waals surface area contributed by atoms with Gasteiger partial charge in [0.2, 0.25) is 7.85 Å². The van der Waals surface area contributed by atoms with Crippen LogP contribution in [-0.2, 0) is 5.54 Å². The minimum absolute atomic E-state index is 0.0170. The van der Waals surface area contributed by atoms with Crippen molar-refractivity contribution in [1.82, 2.24) is 24.6 Å². The number of amides is 1. The van der Waals surface area contributed by atoms with E-state index in [2.05, 4.69) is 15.1 Å². The van der Waals surface area contributed by atoms with Crippen LogP contribution < -0.4 is 5.56 Å². The van der Waals surface area contributed by atoms with Gasteiger partial charge in [-0.2, -0.15) is 5.10 Å². The van der Waals surface area contributed by atoms with Gasteiger partial charge in [0.25, 0.3) is 5.56 Å². The van der Waals surface area contributed by atoms with Crippen LogP contribution in [0.1, 0.15) is 45.4 Å². The molecule has 7 nitrogen and oxygen atoms in total. The fraction of sp³-hybridized carbons (Fsp3) is 0.600. The third-order valence-corrected chi connectivity index (χ3v) is 4.21. The number of aromatic nitrogens is 4. The van der Waals surface area contributed by atoms with Crippen LogP contribution in [0.2, 0.25) is 0 Å². The van der Waals surface area contributed by atoms with Crippen LogP contribution in [0.5, 0.6) is 0 Å². The number of rotatable bonds is 1. The highest BCUT2D eigenvalue weighted by Crippen LogP contribution is 2.25. The molecule has 0 saturated carbocycles. The smallest absolute Gasteiger partial charge is 0.262 e.